The Hall–Kier alpha value is -7.24. The molecule has 1 aliphatic carbocycles. The van der Waals surface area contributed by atoms with Crippen LogP contribution in [0.5, 0.6) is 46.0 Å². The van der Waals surface area contributed by atoms with Gasteiger partial charge in [0.15, 0.2) is 0 Å². The molecule has 1 aliphatic rings. The standard InChI is InChI=1S/C52H40O12S4/c1-25-29-17-30(38(54)21-37(29)53)26(2)35-20-36(44(64-52(60)48-12-8-16-68-48)24-43(35)63-51(59)47-11-7-15-67-47)28(4)32-18-31(39(55)22-40(32)56)27(3)34-19-33(25)41(61-49(57)45-9-5-13-65-45)23-42(34)62-50(58)46-10-6-14-66-46/h5-28,53-56H,1-4H3/t25-,26-,27+,28+. The van der Waals surface area contributed by atoms with Crippen LogP contribution in [0.25, 0.3) is 0 Å². The van der Waals surface area contributed by atoms with Crippen molar-refractivity contribution in [3.8, 4) is 46.0 Å². The van der Waals surface area contributed by atoms with E-state index >= 15 is 0 Å². The average Bonchev–Trinajstić information content (AvgIpc) is 4.17. The molecule has 16 heteroatoms. The van der Waals surface area contributed by atoms with Crippen LogP contribution < -0.4 is 18.9 Å². The first-order valence-electron chi connectivity index (χ1n) is 21.2. The van der Waals surface area contributed by atoms with Crippen LogP contribution in [0.2, 0.25) is 0 Å². The number of phenolic OH excluding ortho intramolecular Hbond substituents is 4. The molecule has 0 unspecified atom stereocenters. The van der Waals surface area contributed by atoms with Gasteiger partial charge in [0.1, 0.15) is 65.5 Å². The lowest BCUT2D eigenvalue weighted by Gasteiger charge is -2.27. The predicted molar refractivity (Wildman–Crippen MR) is 260 cm³/mol. The Kier molecular flexibility index (Phi) is 12.7. The molecule has 9 rings (SSSR count). The van der Waals surface area contributed by atoms with E-state index < -0.39 is 47.5 Å². The van der Waals surface area contributed by atoms with E-state index in [1.807, 2.05) is 0 Å². The van der Waals surface area contributed by atoms with Gasteiger partial charge in [0.2, 0.25) is 0 Å². The second-order valence-electron chi connectivity index (χ2n) is 16.1. The van der Waals surface area contributed by atoms with Crippen LogP contribution in [-0.4, -0.2) is 44.3 Å². The number of hydrogen-bond acceptors (Lipinski definition) is 16. The van der Waals surface area contributed by atoms with Crippen LogP contribution >= 0.6 is 45.3 Å². The van der Waals surface area contributed by atoms with Gasteiger partial charge in [-0.05, 0) is 70.1 Å². The smallest absolute Gasteiger partial charge is 0.353 e. The summed E-state index contributed by atoms with van der Waals surface area (Å²) in [4.78, 5) is 56.1. The molecule has 344 valence electrons. The van der Waals surface area contributed by atoms with Gasteiger partial charge < -0.3 is 39.4 Å². The summed E-state index contributed by atoms with van der Waals surface area (Å²) in [5.74, 6) is -7.08. The summed E-state index contributed by atoms with van der Waals surface area (Å²) in [5, 5.41) is 53.6. The van der Waals surface area contributed by atoms with Crippen molar-refractivity contribution in [1.82, 2.24) is 0 Å². The van der Waals surface area contributed by atoms with Crippen LogP contribution in [0, 0.1) is 0 Å². The number of carbonyl (C=O) groups excluding carboxylic acids is 4. The first-order chi connectivity index (χ1) is 32.7. The maximum Gasteiger partial charge on any atom is 0.353 e. The Morgan fingerprint density at radius 2 is 0.574 bits per heavy atom. The third-order valence-corrected chi connectivity index (χ3v) is 15.5. The van der Waals surface area contributed by atoms with E-state index in [9.17, 15) is 39.6 Å². The number of hydrogen-bond donors (Lipinski definition) is 4. The predicted octanol–water partition coefficient (Wildman–Crippen LogP) is 12.6. The zero-order valence-electron chi connectivity index (χ0n) is 36.5. The number of carbonyl (C=O) groups is 4. The largest absolute Gasteiger partial charge is 0.508 e. The lowest BCUT2D eigenvalue weighted by Crippen LogP contribution is -2.15. The van der Waals surface area contributed by atoms with Gasteiger partial charge in [0.25, 0.3) is 0 Å². The second-order valence-corrected chi connectivity index (χ2v) is 19.9. The molecular weight excluding hydrogens is 945 g/mol. The maximum absolute atomic E-state index is 13.7. The molecule has 0 fully saturated rings. The molecule has 0 saturated carbocycles. The fourth-order valence-electron chi connectivity index (χ4n) is 8.36. The van der Waals surface area contributed by atoms with Crippen molar-refractivity contribution in [2.75, 3.05) is 0 Å². The van der Waals surface area contributed by atoms with Crippen molar-refractivity contribution >= 4 is 69.2 Å². The highest BCUT2D eigenvalue weighted by molar-refractivity contribution is 7.12. The fraction of sp³-hybridized carbons (Fsp3) is 0.154. The molecule has 68 heavy (non-hydrogen) atoms. The molecule has 4 aromatic heterocycles. The number of benzene rings is 4. The van der Waals surface area contributed by atoms with Crippen LogP contribution in [0.1, 0.15) is 135 Å². The van der Waals surface area contributed by atoms with Gasteiger partial charge in [-0.1, -0.05) is 52.0 Å². The number of fused-ring (bicyclic) bond motifs is 8. The van der Waals surface area contributed by atoms with Crippen molar-refractivity contribution in [2.45, 2.75) is 51.4 Å². The molecule has 8 aromatic rings. The Morgan fingerprint density at radius 1 is 0.353 bits per heavy atom. The normalized spacial score (nSPS) is 16.4. The molecule has 0 spiro atoms. The third-order valence-electron chi connectivity index (χ3n) is 12.1. The van der Waals surface area contributed by atoms with Crippen LogP contribution in [0.15, 0.2) is 119 Å². The molecule has 0 saturated heterocycles. The SMILES string of the molecule is C[C@@H]1c2cc(c(O)cc2O)[C@@H](C)c2cc(c(OC(=O)c3cccs3)cc2OC(=O)c2cccs2)[C@@H](C)c2cc(c(O)cc2O)[C@H](C)c2cc1c(OC(=O)c1cccs1)cc2OC(=O)c1cccs1. The number of esters is 4. The van der Waals surface area contributed by atoms with Crippen molar-refractivity contribution in [3.63, 3.8) is 0 Å². The Balaban J connectivity index is 1.31. The highest BCUT2D eigenvalue weighted by Gasteiger charge is 2.33. The number of phenols is 4. The summed E-state index contributed by atoms with van der Waals surface area (Å²) in [5.41, 5.74) is 2.69. The highest BCUT2D eigenvalue weighted by atomic mass is 32.1. The minimum absolute atomic E-state index is 0.00774. The maximum atomic E-state index is 13.7. The number of thiophene rings is 4. The van der Waals surface area contributed by atoms with Crippen molar-refractivity contribution in [1.29, 1.82) is 0 Å². The highest BCUT2D eigenvalue weighted by Crippen LogP contribution is 2.50. The Bertz CT molecular complexity index is 2800. The zero-order valence-corrected chi connectivity index (χ0v) is 39.8. The first kappa shape index (κ1) is 45.9. The van der Waals surface area contributed by atoms with E-state index in [1.165, 1.54) is 69.6 Å². The number of ether oxygens (including phenoxy) is 4. The zero-order chi connectivity index (χ0) is 48.0. The topological polar surface area (TPSA) is 186 Å². The van der Waals surface area contributed by atoms with Gasteiger partial charge in [-0.25, -0.2) is 19.2 Å². The van der Waals surface area contributed by atoms with Gasteiger partial charge in [0, 0.05) is 92.4 Å². The van der Waals surface area contributed by atoms with Crippen molar-refractivity contribution in [2.24, 2.45) is 0 Å². The Morgan fingerprint density at radius 3 is 0.779 bits per heavy atom. The second kappa shape index (κ2) is 18.8. The minimum Gasteiger partial charge on any atom is -0.508 e. The minimum atomic E-state index is -0.802. The summed E-state index contributed by atoms with van der Waals surface area (Å²) in [7, 11) is 0. The molecule has 4 N–H and O–H groups in total. The first-order valence-corrected chi connectivity index (χ1v) is 24.7. The molecule has 0 amide bonds. The molecule has 0 radical (unpaired) electrons. The van der Waals surface area contributed by atoms with E-state index in [0.717, 1.165) is 0 Å². The van der Waals surface area contributed by atoms with Crippen LogP contribution in [-0.2, 0) is 0 Å². The van der Waals surface area contributed by atoms with Gasteiger partial charge >= 0.3 is 23.9 Å². The molecule has 12 nitrogen and oxygen atoms in total. The molecule has 0 aliphatic heterocycles. The average molecular weight is 985 g/mol. The van der Waals surface area contributed by atoms with E-state index in [0.29, 0.717) is 64.0 Å². The fourth-order valence-corrected chi connectivity index (χ4v) is 10.8. The summed E-state index contributed by atoms with van der Waals surface area (Å²) in [6, 6.07) is 25.2. The van der Waals surface area contributed by atoms with Crippen LogP contribution in [0.4, 0.5) is 0 Å². The third kappa shape index (κ3) is 8.86. The van der Waals surface area contributed by atoms with Crippen molar-refractivity contribution in [3.05, 3.63) is 183 Å². The van der Waals surface area contributed by atoms with Crippen molar-refractivity contribution < 1.29 is 58.6 Å². The van der Waals surface area contributed by atoms with Crippen LogP contribution in [0.3, 0.4) is 0 Å². The summed E-state index contributed by atoms with van der Waals surface area (Å²) >= 11 is 4.69. The van der Waals surface area contributed by atoms with Gasteiger partial charge in [-0.2, -0.15) is 0 Å². The van der Waals surface area contributed by atoms with E-state index in [4.69, 9.17) is 18.9 Å². The van der Waals surface area contributed by atoms with E-state index in [1.54, 1.807) is 122 Å². The summed E-state index contributed by atoms with van der Waals surface area (Å²) in [6.45, 7) is 7.09. The molecular formula is C52H40O12S4. The summed E-state index contributed by atoms with van der Waals surface area (Å²) in [6.07, 6.45) is 0. The van der Waals surface area contributed by atoms with E-state index in [-0.39, 0.29) is 46.0 Å². The number of aromatic hydroxyl groups is 4. The lowest BCUT2D eigenvalue weighted by molar-refractivity contribution is 0.0716. The quantitative estimate of drug-likeness (QED) is 0.0835. The number of rotatable bonds is 8. The molecule has 4 aromatic carbocycles. The van der Waals surface area contributed by atoms with E-state index in [2.05, 4.69) is 0 Å². The van der Waals surface area contributed by atoms with Gasteiger partial charge in [-0.15, -0.1) is 45.3 Å². The lowest BCUT2D eigenvalue weighted by atomic mass is 9.80. The summed E-state index contributed by atoms with van der Waals surface area (Å²) < 4.78 is 24.4. The Labute approximate surface area is 405 Å². The molecule has 8 bridgehead atoms. The van der Waals surface area contributed by atoms with Gasteiger partial charge in [-0.3, -0.25) is 0 Å². The molecule has 4 atom stereocenters. The van der Waals surface area contributed by atoms with Gasteiger partial charge in [0.05, 0.1) is 0 Å². The molecule has 4 heterocycles. The monoisotopic (exact) mass is 984 g/mol.